The molecule has 1 amide bonds. The number of halogens is 1. The third kappa shape index (κ3) is 5.28. The average Bonchev–Trinajstić information content (AvgIpc) is 2.70. The molecule has 0 fully saturated rings. The highest BCUT2D eigenvalue weighted by molar-refractivity contribution is 5.91. The molecule has 0 aliphatic heterocycles. The first-order valence-corrected chi connectivity index (χ1v) is 8.26. The highest BCUT2D eigenvalue weighted by Crippen LogP contribution is 2.18. The fourth-order valence-electron chi connectivity index (χ4n) is 2.39. The molecule has 0 saturated heterocycles. The molecule has 7 heteroatoms. The van der Waals surface area contributed by atoms with E-state index in [1.165, 1.54) is 48.4 Å². The first-order valence-electron chi connectivity index (χ1n) is 8.26. The highest BCUT2D eigenvalue weighted by atomic mass is 19.1. The van der Waals surface area contributed by atoms with Crippen molar-refractivity contribution < 1.29 is 23.5 Å². The number of amides is 1. The maximum Gasteiger partial charge on any atom is 0.338 e. The summed E-state index contributed by atoms with van der Waals surface area (Å²) in [5, 5.41) is 8.75. The van der Waals surface area contributed by atoms with Crippen LogP contribution >= 0.6 is 0 Å². The van der Waals surface area contributed by atoms with E-state index >= 15 is 0 Å². The molecule has 0 heterocycles. The van der Waals surface area contributed by atoms with E-state index < -0.39 is 24.3 Å². The SMILES string of the molecule is CCN(Cc1ccc(OC)c(F)c1)C(=O)COC(=O)c1ccc(C#N)cc1. The van der Waals surface area contributed by atoms with Crippen molar-refractivity contribution in [3.63, 3.8) is 0 Å². The van der Waals surface area contributed by atoms with Gasteiger partial charge in [-0.3, -0.25) is 4.79 Å². The second kappa shape index (κ2) is 9.34. The summed E-state index contributed by atoms with van der Waals surface area (Å²) in [6, 6.07) is 12.3. The summed E-state index contributed by atoms with van der Waals surface area (Å²) in [5.74, 6) is -1.43. The predicted molar refractivity (Wildman–Crippen MR) is 95.5 cm³/mol. The number of carbonyl (C=O) groups is 2. The van der Waals surface area contributed by atoms with Crippen molar-refractivity contribution in [3.05, 3.63) is 65.0 Å². The molecule has 6 nitrogen and oxygen atoms in total. The summed E-state index contributed by atoms with van der Waals surface area (Å²) in [4.78, 5) is 25.8. The van der Waals surface area contributed by atoms with Gasteiger partial charge in [0.1, 0.15) is 0 Å². The number of rotatable bonds is 7. The third-order valence-electron chi connectivity index (χ3n) is 3.90. The van der Waals surface area contributed by atoms with Gasteiger partial charge in [-0.25, -0.2) is 9.18 Å². The molecule has 0 atom stereocenters. The van der Waals surface area contributed by atoms with Gasteiger partial charge in [-0.2, -0.15) is 5.26 Å². The number of hydrogen-bond donors (Lipinski definition) is 0. The van der Waals surface area contributed by atoms with Gasteiger partial charge >= 0.3 is 5.97 Å². The van der Waals surface area contributed by atoms with Gasteiger partial charge in [0, 0.05) is 13.1 Å². The molecule has 0 radical (unpaired) electrons. The van der Waals surface area contributed by atoms with E-state index in [0.717, 1.165) is 0 Å². The summed E-state index contributed by atoms with van der Waals surface area (Å²) in [6.07, 6.45) is 0. The Labute approximate surface area is 156 Å². The first-order chi connectivity index (χ1) is 13.0. The fourth-order valence-corrected chi connectivity index (χ4v) is 2.39. The average molecular weight is 370 g/mol. The molecule has 2 aromatic carbocycles. The lowest BCUT2D eigenvalue weighted by Crippen LogP contribution is -2.34. The zero-order valence-electron chi connectivity index (χ0n) is 15.1. The molecule has 0 aromatic heterocycles. The lowest BCUT2D eigenvalue weighted by molar-refractivity contribution is -0.134. The molecule has 0 spiro atoms. The van der Waals surface area contributed by atoms with Crippen LogP contribution in [0, 0.1) is 17.1 Å². The van der Waals surface area contributed by atoms with Gasteiger partial charge in [0.15, 0.2) is 18.2 Å². The minimum absolute atomic E-state index is 0.129. The second-order valence-corrected chi connectivity index (χ2v) is 5.64. The van der Waals surface area contributed by atoms with Gasteiger partial charge < -0.3 is 14.4 Å². The lowest BCUT2D eigenvalue weighted by atomic mass is 10.1. The van der Waals surface area contributed by atoms with Gasteiger partial charge in [0.2, 0.25) is 0 Å². The second-order valence-electron chi connectivity index (χ2n) is 5.64. The number of hydrogen-bond acceptors (Lipinski definition) is 5. The molecule has 2 rings (SSSR count). The number of ether oxygens (including phenoxy) is 2. The number of likely N-dealkylation sites (N-methyl/N-ethyl adjacent to an activating group) is 1. The molecule has 27 heavy (non-hydrogen) atoms. The Bertz CT molecular complexity index is 859. The topological polar surface area (TPSA) is 79.6 Å². The summed E-state index contributed by atoms with van der Waals surface area (Å²) < 4.78 is 23.7. The smallest absolute Gasteiger partial charge is 0.338 e. The largest absolute Gasteiger partial charge is 0.494 e. The van der Waals surface area contributed by atoms with E-state index in [-0.39, 0.29) is 17.9 Å². The van der Waals surface area contributed by atoms with Crippen LogP contribution < -0.4 is 4.74 Å². The van der Waals surface area contributed by atoms with Crippen molar-refractivity contribution >= 4 is 11.9 Å². The van der Waals surface area contributed by atoms with Crippen LogP contribution in [0.3, 0.4) is 0 Å². The molecular weight excluding hydrogens is 351 g/mol. The number of carbonyl (C=O) groups excluding carboxylic acids is 2. The Morgan fingerprint density at radius 2 is 1.89 bits per heavy atom. The van der Waals surface area contributed by atoms with Crippen LogP contribution in [0.1, 0.15) is 28.4 Å². The third-order valence-corrected chi connectivity index (χ3v) is 3.90. The van der Waals surface area contributed by atoms with Crippen LogP contribution in [0.4, 0.5) is 4.39 Å². The Balaban J connectivity index is 1.95. The molecule has 0 saturated carbocycles. The van der Waals surface area contributed by atoms with Crippen LogP contribution in [-0.4, -0.2) is 37.0 Å². The van der Waals surface area contributed by atoms with Crippen molar-refractivity contribution in [2.45, 2.75) is 13.5 Å². The molecule has 0 aliphatic rings. The van der Waals surface area contributed by atoms with Crippen molar-refractivity contribution in [1.29, 1.82) is 5.26 Å². The zero-order valence-corrected chi connectivity index (χ0v) is 15.1. The van der Waals surface area contributed by atoms with E-state index in [0.29, 0.717) is 17.7 Å². The van der Waals surface area contributed by atoms with E-state index in [9.17, 15) is 14.0 Å². The minimum atomic E-state index is -0.653. The van der Waals surface area contributed by atoms with Crippen molar-refractivity contribution in [3.8, 4) is 11.8 Å². The highest BCUT2D eigenvalue weighted by Gasteiger charge is 2.16. The Morgan fingerprint density at radius 1 is 1.19 bits per heavy atom. The van der Waals surface area contributed by atoms with Gasteiger partial charge in [0.25, 0.3) is 5.91 Å². The van der Waals surface area contributed by atoms with E-state index in [1.807, 2.05) is 6.07 Å². The zero-order chi connectivity index (χ0) is 19.8. The standard InChI is InChI=1S/C20H19FN2O4/c1-3-23(12-15-6-9-18(26-2)17(21)10-15)19(24)13-27-20(25)16-7-4-14(11-22)5-8-16/h4-10H,3,12-13H2,1-2H3. The van der Waals surface area contributed by atoms with Crippen LogP contribution in [-0.2, 0) is 16.1 Å². The van der Waals surface area contributed by atoms with Gasteiger partial charge in [-0.05, 0) is 48.9 Å². The van der Waals surface area contributed by atoms with E-state index in [2.05, 4.69) is 0 Å². The van der Waals surface area contributed by atoms with E-state index in [1.54, 1.807) is 13.0 Å². The molecule has 140 valence electrons. The van der Waals surface area contributed by atoms with E-state index in [4.69, 9.17) is 14.7 Å². The Hall–Kier alpha value is -3.40. The van der Waals surface area contributed by atoms with Crippen LogP contribution in [0.15, 0.2) is 42.5 Å². The van der Waals surface area contributed by atoms with Crippen molar-refractivity contribution in [1.82, 2.24) is 4.90 Å². The summed E-state index contributed by atoms with van der Waals surface area (Å²) >= 11 is 0. The van der Waals surface area contributed by atoms with Crippen LogP contribution in [0.25, 0.3) is 0 Å². The molecule has 0 aliphatic carbocycles. The van der Waals surface area contributed by atoms with Gasteiger partial charge in [-0.1, -0.05) is 6.07 Å². The summed E-state index contributed by atoms with van der Waals surface area (Å²) in [5.41, 5.74) is 1.27. The number of nitriles is 1. The fraction of sp³-hybridized carbons (Fsp3) is 0.250. The van der Waals surface area contributed by atoms with Crippen molar-refractivity contribution in [2.24, 2.45) is 0 Å². The van der Waals surface area contributed by atoms with Crippen LogP contribution in [0.5, 0.6) is 5.75 Å². The summed E-state index contributed by atoms with van der Waals surface area (Å²) in [6.45, 7) is 1.91. The monoisotopic (exact) mass is 370 g/mol. The quantitative estimate of drug-likeness (QED) is 0.700. The number of methoxy groups -OCH3 is 1. The number of benzene rings is 2. The van der Waals surface area contributed by atoms with Gasteiger partial charge in [-0.15, -0.1) is 0 Å². The Morgan fingerprint density at radius 3 is 2.44 bits per heavy atom. The summed E-state index contributed by atoms with van der Waals surface area (Å²) in [7, 11) is 1.38. The predicted octanol–water partition coefficient (Wildman–Crippen LogP) is 2.91. The van der Waals surface area contributed by atoms with Gasteiger partial charge in [0.05, 0.1) is 24.3 Å². The molecule has 0 bridgehead atoms. The number of esters is 1. The lowest BCUT2D eigenvalue weighted by Gasteiger charge is -2.21. The van der Waals surface area contributed by atoms with Crippen LogP contribution in [0.2, 0.25) is 0 Å². The molecule has 2 aromatic rings. The normalized spacial score (nSPS) is 10.0. The Kier molecular flexibility index (Phi) is 6.89. The maximum absolute atomic E-state index is 13.8. The molecule has 0 N–H and O–H groups in total. The molecule has 0 unspecified atom stereocenters. The number of nitrogens with zero attached hydrogens (tertiary/aromatic N) is 2. The molecular formula is C20H19FN2O4. The first kappa shape index (κ1) is 19.9. The minimum Gasteiger partial charge on any atom is -0.494 e. The van der Waals surface area contributed by atoms with Crippen molar-refractivity contribution in [2.75, 3.05) is 20.3 Å². The maximum atomic E-state index is 13.8.